The summed E-state index contributed by atoms with van der Waals surface area (Å²) in [4.78, 5) is 0. The summed E-state index contributed by atoms with van der Waals surface area (Å²) in [5.41, 5.74) is 0. The van der Waals surface area contributed by atoms with Gasteiger partial charge in [-0.25, -0.2) is 0 Å². The van der Waals surface area contributed by atoms with Crippen molar-refractivity contribution >= 4 is 0 Å². The third kappa shape index (κ3) is 3.39. The topological polar surface area (TPSA) is 18.5 Å². The summed E-state index contributed by atoms with van der Waals surface area (Å²) in [5.74, 6) is 0.585. The summed E-state index contributed by atoms with van der Waals surface area (Å²) >= 11 is 0. The molecule has 0 saturated carbocycles. The number of rotatable bonds is 3. The van der Waals surface area contributed by atoms with Gasteiger partial charge in [-0.1, -0.05) is 12.2 Å². The highest BCUT2D eigenvalue weighted by atomic mass is 16.7. The summed E-state index contributed by atoms with van der Waals surface area (Å²) in [6.07, 6.45) is 12.6. The van der Waals surface area contributed by atoms with Gasteiger partial charge in [0, 0.05) is 5.92 Å². The zero-order valence-electron chi connectivity index (χ0n) is 12.2. The van der Waals surface area contributed by atoms with Gasteiger partial charge >= 0.3 is 0 Å². The zero-order valence-corrected chi connectivity index (χ0v) is 12.2. The van der Waals surface area contributed by atoms with Gasteiger partial charge in [0.2, 0.25) is 0 Å². The molecule has 0 aromatic carbocycles. The quantitative estimate of drug-likeness (QED) is 0.577. The molecule has 2 fully saturated rings. The molecule has 0 N–H and O–H groups in total. The number of likely N-dealkylation sites (tertiary alicyclic amines) is 1. The van der Waals surface area contributed by atoms with Crippen molar-refractivity contribution in [3.05, 3.63) is 12.2 Å². The maximum absolute atomic E-state index is 6.20. The van der Waals surface area contributed by atoms with E-state index in [1.165, 1.54) is 49.7 Å². The number of nitrogens with zero attached hydrogens (tertiary/aromatic N) is 1. The molecule has 0 aromatic heterocycles. The van der Waals surface area contributed by atoms with E-state index in [1.54, 1.807) is 0 Å². The largest absolute Gasteiger partial charge is 0.349 e. The summed E-state index contributed by atoms with van der Waals surface area (Å²) in [5, 5.41) is 0. The monoisotopic (exact) mass is 266 g/mol. The van der Waals surface area contributed by atoms with Gasteiger partial charge in [0.1, 0.15) is 12.6 Å². The average Bonchev–Trinajstić information content (AvgIpc) is 2.88. The van der Waals surface area contributed by atoms with Crippen molar-refractivity contribution in [2.24, 2.45) is 5.92 Å². The molecule has 0 radical (unpaired) electrons. The number of hydrogen-bond donors (Lipinski definition) is 0. The lowest BCUT2D eigenvalue weighted by molar-refractivity contribution is -0.916. The molecule has 3 aliphatic rings. The maximum Gasteiger partial charge on any atom is 0.161 e. The van der Waals surface area contributed by atoms with E-state index in [4.69, 9.17) is 9.47 Å². The second-order valence-electron chi connectivity index (χ2n) is 6.81. The van der Waals surface area contributed by atoms with Crippen LogP contribution in [0.5, 0.6) is 0 Å². The van der Waals surface area contributed by atoms with E-state index in [0.29, 0.717) is 12.0 Å². The first kappa shape index (κ1) is 13.6. The van der Waals surface area contributed by atoms with Crippen LogP contribution in [-0.2, 0) is 9.47 Å². The van der Waals surface area contributed by atoms with E-state index in [0.717, 1.165) is 19.6 Å². The highest BCUT2D eigenvalue weighted by molar-refractivity contribution is 4.91. The normalized spacial score (nSPS) is 38.5. The predicted octanol–water partition coefficient (Wildman–Crippen LogP) is 2.71. The van der Waals surface area contributed by atoms with E-state index < -0.39 is 0 Å². The van der Waals surface area contributed by atoms with Gasteiger partial charge in [0.25, 0.3) is 0 Å². The van der Waals surface area contributed by atoms with Gasteiger partial charge in [0.15, 0.2) is 6.29 Å². The standard InChI is InChI=1S/C16H28NO2/c1-17(10-6-3-7-11-17)12-15-13-18-16(19-15)14-8-4-2-5-9-14/h2,4,14-16H,3,5-13H2,1H3/q+1/t14-,15+,16+/m1/s1. The fourth-order valence-electron chi connectivity index (χ4n) is 3.83. The van der Waals surface area contributed by atoms with Crippen molar-refractivity contribution in [3.63, 3.8) is 0 Å². The minimum absolute atomic E-state index is 0.0614. The van der Waals surface area contributed by atoms with Crippen LogP contribution >= 0.6 is 0 Å². The SMILES string of the molecule is C[N+]1(C[C@H]2CO[C@H]([C@@H]3CC=CCC3)O2)CCCCC1. The zero-order chi connectivity index (χ0) is 13.1. The first-order valence-electron chi connectivity index (χ1n) is 8.01. The Labute approximate surface area is 117 Å². The Morgan fingerprint density at radius 3 is 2.74 bits per heavy atom. The Morgan fingerprint density at radius 2 is 2.00 bits per heavy atom. The number of likely N-dealkylation sites (N-methyl/N-ethyl adjacent to an activating group) is 1. The van der Waals surface area contributed by atoms with E-state index in [9.17, 15) is 0 Å². The molecule has 0 unspecified atom stereocenters. The van der Waals surface area contributed by atoms with Crippen LogP contribution in [0.1, 0.15) is 38.5 Å². The molecule has 1 aliphatic carbocycles. The van der Waals surface area contributed by atoms with Crippen LogP contribution in [0.4, 0.5) is 0 Å². The number of ether oxygens (including phenoxy) is 2. The first-order valence-corrected chi connectivity index (χ1v) is 8.01. The van der Waals surface area contributed by atoms with E-state index in [1.807, 2.05) is 0 Å². The van der Waals surface area contributed by atoms with Crippen molar-refractivity contribution < 1.29 is 14.0 Å². The molecule has 19 heavy (non-hydrogen) atoms. The van der Waals surface area contributed by atoms with Crippen LogP contribution < -0.4 is 0 Å². The molecule has 108 valence electrons. The molecule has 3 heteroatoms. The van der Waals surface area contributed by atoms with E-state index in [-0.39, 0.29) is 6.29 Å². The number of hydrogen-bond acceptors (Lipinski definition) is 2. The maximum atomic E-state index is 6.20. The van der Waals surface area contributed by atoms with Gasteiger partial charge in [-0.15, -0.1) is 0 Å². The van der Waals surface area contributed by atoms with Crippen LogP contribution in [0.15, 0.2) is 12.2 Å². The molecule has 3 nitrogen and oxygen atoms in total. The van der Waals surface area contributed by atoms with Gasteiger partial charge in [-0.05, 0) is 38.5 Å². The number of quaternary nitrogens is 1. The fraction of sp³-hybridized carbons (Fsp3) is 0.875. The van der Waals surface area contributed by atoms with Crippen molar-refractivity contribution in [2.45, 2.75) is 50.9 Å². The van der Waals surface area contributed by atoms with Crippen LogP contribution in [0.25, 0.3) is 0 Å². The highest BCUT2D eigenvalue weighted by Gasteiger charge is 2.37. The number of allylic oxidation sites excluding steroid dienone is 2. The minimum atomic E-state index is 0.0614. The molecule has 0 amide bonds. The molecular formula is C16H28NO2+. The Balaban J connectivity index is 1.49. The Morgan fingerprint density at radius 1 is 1.16 bits per heavy atom. The summed E-state index contributed by atoms with van der Waals surface area (Å²) in [7, 11) is 2.39. The predicted molar refractivity (Wildman–Crippen MR) is 75.7 cm³/mol. The average molecular weight is 266 g/mol. The summed E-state index contributed by atoms with van der Waals surface area (Å²) in [6.45, 7) is 4.57. The molecule has 2 heterocycles. The lowest BCUT2D eigenvalue weighted by Gasteiger charge is -2.39. The van der Waals surface area contributed by atoms with Crippen molar-refractivity contribution in [1.82, 2.24) is 0 Å². The molecular weight excluding hydrogens is 238 g/mol. The van der Waals surface area contributed by atoms with Crippen LogP contribution in [0.3, 0.4) is 0 Å². The van der Waals surface area contributed by atoms with Crippen molar-refractivity contribution in [3.8, 4) is 0 Å². The molecule has 2 saturated heterocycles. The van der Waals surface area contributed by atoms with Crippen LogP contribution in [0.2, 0.25) is 0 Å². The van der Waals surface area contributed by atoms with Crippen LogP contribution in [0, 0.1) is 5.92 Å². The number of piperidine rings is 1. The van der Waals surface area contributed by atoms with Crippen molar-refractivity contribution in [1.29, 1.82) is 0 Å². The summed E-state index contributed by atoms with van der Waals surface area (Å²) in [6, 6.07) is 0. The third-order valence-corrected chi connectivity index (χ3v) is 5.01. The molecule has 3 rings (SSSR count). The molecule has 2 aliphatic heterocycles. The van der Waals surface area contributed by atoms with Gasteiger partial charge in [-0.2, -0.15) is 0 Å². The fourth-order valence-corrected chi connectivity index (χ4v) is 3.83. The summed E-state index contributed by atoms with van der Waals surface area (Å²) < 4.78 is 13.3. The highest BCUT2D eigenvalue weighted by Crippen LogP contribution is 2.30. The lowest BCUT2D eigenvalue weighted by atomic mass is 9.94. The molecule has 0 spiro atoms. The molecule has 0 bridgehead atoms. The van der Waals surface area contributed by atoms with Gasteiger partial charge in [-0.3, -0.25) is 0 Å². The van der Waals surface area contributed by atoms with Gasteiger partial charge in [0.05, 0.1) is 26.7 Å². The second kappa shape index (κ2) is 5.94. The molecule has 0 aromatic rings. The minimum Gasteiger partial charge on any atom is -0.349 e. The molecule has 3 atom stereocenters. The Hall–Kier alpha value is -0.380. The third-order valence-electron chi connectivity index (χ3n) is 5.01. The smallest absolute Gasteiger partial charge is 0.161 e. The second-order valence-corrected chi connectivity index (χ2v) is 6.81. The van der Waals surface area contributed by atoms with E-state index in [2.05, 4.69) is 19.2 Å². The lowest BCUT2D eigenvalue weighted by Crippen LogP contribution is -2.52. The van der Waals surface area contributed by atoms with Crippen LogP contribution in [-0.4, -0.2) is 50.2 Å². The van der Waals surface area contributed by atoms with Crippen molar-refractivity contribution in [2.75, 3.05) is 33.3 Å². The Bertz CT molecular complexity index is 323. The Kier molecular flexibility index (Phi) is 4.25. The van der Waals surface area contributed by atoms with E-state index >= 15 is 0 Å². The first-order chi connectivity index (χ1) is 9.25. The van der Waals surface area contributed by atoms with Gasteiger partial charge < -0.3 is 14.0 Å².